The zero-order valence-electron chi connectivity index (χ0n) is 11.3. The topological polar surface area (TPSA) is 79.8 Å². The lowest BCUT2D eigenvalue weighted by Crippen LogP contribution is -2.12. The maximum absolute atomic E-state index is 12.4. The van der Waals surface area contributed by atoms with Crippen LogP contribution in [0.3, 0.4) is 0 Å². The molecule has 0 bridgehead atoms. The molecule has 2 heterocycles. The van der Waals surface area contributed by atoms with Crippen molar-refractivity contribution in [3.05, 3.63) is 41.8 Å². The van der Waals surface area contributed by atoms with Gasteiger partial charge in [-0.15, -0.1) is 0 Å². The number of nitrogens with one attached hydrogen (secondary N) is 2. The van der Waals surface area contributed by atoms with Gasteiger partial charge in [-0.25, -0.2) is 12.8 Å². The first-order valence-corrected chi connectivity index (χ1v) is 8.24. The predicted octanol–water partition coefficient (Wildman–Crippen LogP) is 2.79. The molecule has 3 rings (SSSR count). The fourth-order valence-electron chi connectivity index (χ4n) is 2.10. The van der Waals surface area contributed by atoms with E-state index in [4.69, 9.17) is 11.6 Å². The Bertz CT molecular complexity index is 919. The van der Waals surface area contributed by atoms with Gasteiger partial charge in [0.2, 0.25) is 0 Å². The molecule has 0 saturated carbocycles. The molecule has 22 heavy (non-hydrogen) atoms. The molecule has 116 valence electrons. The molecule has 0 aliphatic heterocycles. The number of hydrogen-bond donors (Lipinski definition) is 2. The SMILES string of the molecule is O=S(=O)(Nc1cccc2c(Cl)c[nH]c12)c1cnn(CCF)c1. The number of fused-ring (bicyclic) bond motifs is 1. The number of sulfonamides is 1. The first kappa shape index (κ1) is 14.9. The van der Waals surface area contributed by atoms with Gasteiger partial charge in [-0.3, -0.25) is 9.40 Å². The number of halogens is 2. The van der Waals surface area contributed by atoms with Gasteiger partial charge in [0.25, 0.3) is 10.0 Å². The van der Waals surface area contributed by atoms with Crippen LogP contribution in [0.4, 0.5) is 10.1 Å². The molecule has 0 fully saturated rings. The van der Waals surface area contributed by atoms with Crippen molar-refractivity contribution < 1.29 is 12.8 Å². The minimum absolute atomic E-state index is 0.0112. The molecule has 0 radical (unpaired) electrons. The van der Waals surface area contributed by atoms with Crippen LogP contribution in [0.2, 0.25) is 5.02 Å². The van der Waals surface area contributed by atoms with Gasteiger partial charge >= 0.3 is 0 Å². The van der Waals surface area contributed by atoms with Crippen molar-refractivity contribution in [3.8, 4) is 0 Å². The second kappa shape index (κ2) is 5.62. The van der Waals surface area contributed by atoms with E-state index in [1.165, 1.54) is 17.1 Å². The number of aryl methyl sites for hydroxylation is 1. The molecule has 0 atom stereocenters. The molecule has 0 spiro atoms. The smallest absolute Gasteiger partial charge is 0.265 e. The van der Waals surface area contributed by atoms with Crippen molar-refractivity contribution in [3.63, 3.8) is 0 Å². The Kier molecular flexibility index (Phi) is 3.79. The Hall–Kier alpha value is -2.06. The van der Waals surface area contributed by atoms with Crippen LogP contribution in [-0.2, 0) is 16.6 Å². The minimum atomic E-state index is -3.81. The van der Waals surface area contributed by atoms with Crippen molar-refractivity contribution in [2.45, 2.75) is 11.4 Å². The summed E-state index contributed by atoms with van der Waals surface area (Å²) in [5.41, 5.74) is 0.967. The third-order valence-electron chi connectivity index (χ3n) is 3.14. The monoisotopic (exact) mass is 342 g/mol. The highest BCUT2D eigenvalue weighted by Crippen LogP contribution is 2.29. The summed E-state index contributed by atoms with van der Waals surface area (Å²) in [5, 5.41) is 5.03. The number of anilines is 1. The predicted molar refractivity (Wildman–Crippen MR) is 82.3 cm³/mol. The van der Waals surface area contributed by atoms with E-state index in [0.29, 0.717) is 16.2 Å². The molecule has 2 aromatic heterocycles. The van der Waals surface area contributed by atoms with E-state index in [1.54, 1.807) is 24.4 Å². The first-order valence-electron chi connectivity index (χ1n) is 6.38. The van der Waals surface area contributed by atoms with E-state index in [2.05, 4.69) is 14.8 Å². The van der Waals surface area contributed by atoms with E-state index in [9.17, 15) is 12.8 Å². The standard InChI is InChI=1S/C13H12ClFN4O2S/c14-11-7-16-13-10(11)2-1-3-12(13)18-22(20,21)9-6-17-19(8-9)5-4-15/h1-3,6-8,16,18H,4-5H2. The Morgan fingerprint density at radius 1 is 1.41 bits per heavy atom. The second-order valence-electron chi connectivity index (χ2n) is 4.60. The zero-order valence-corrected chi connectivity index (χ0v) is 12.8. The summed E-state index contributed by atoms with van der Waals surface area (Å²) < 4.78 is 40.7. The van der Waals surface area contributed by atoms with Crippen molar-refractivity contribution in [1.82, 2.24) is 14.8 Å². The first-order chi connectivity index (χ1) is 10.5. The molecular formula is C13H12ClFN4O2S. The Morgan fingerprint density at radius 2 is 2.23 bits per heavy atom. The average Bonchev–Trinajstić information content (AvgIpc) is 3.08. The molecule has 1 aromatic carbocycles. The summed E-state index contributed by atoms with van der Waals surface area (Å²) in [7, 11) is -3.81. The highest BCUT2D eigenvalue weighted by atomic mass is 35.5. The number of rotatable bonds is 5. The second-order valence-corrected chi connectivity index (χ2v) is 6.69. The van der Waals surface area contributed by atoms with E-state index >= 15 is 0 Å². The lowest BCUT2D eigenvalue weighted by atomic mass is 10.2. The van der Waals surface area contributed by atoms with E-state index in [1.807, 2.05) is 0 Å². The lowest BCUT2D eigenvalue weighted by molar-refractivity contribution is 0.427. The van der Waals surface area contributed by atoms with Crippen molar-refractivity contribution in [1.29, 1.82) is 0 Å². The summed E-state index contributed by atoms with van der Waals surface area (Å²) in [6, 6.07) is 5.11. The number of para-hydroxylation sites is 1. The van der Waals surface area contributed by atoms with Crippen LogP contribution in [0, 0.1) is 0 Å². The van der Waals surface area contributed by atoms with E-state index < -0.39 is 16.7 Å². The fourth-order valence-corrected chi connectivity index (χ4v) is 3.34. The molecular weight excluding hydrogens is 331 g/mol. The third kappa shape index (κ3) is 2.67. The molecule has 9 heteroatoms. The summed E-state index contributed by atoms with van der Waals surface area (Å²) in [4.78, 5) is 2.89. The summed E-state index contributed by atoms with van der Waals surface area (Å²) >= 11 is 6.01. The number of aromatic amines is 1. The average molecular weight is 343 g/mol. The van der Waals surface area contributed by atoms with Gasteiger partial charge in [-0.2, -0.15) is 5.10 Å². The van der Waals surface area contributed by atoms with Crippen molar-refractivity contribution >= 4 is 38.2 Å². The van der Waals surface area contributed by atoms with Crippen LogP contribution < -0.4 is 4.72 Å². The Labute approximate surface area is 130 Å². The zero-order chi connectivity index (χ0) is 15.7. The molecule has 0 unspecified atom stereocenters. The van der Waals surface area contributed by atoms with Crippen LogP contribution in [0.5, 0.6) is 0 Å². The highest BCUT2D eigenvalue weighted by molar-refractivity contribution is 7.92. The largest absolute Gasteiger partial charge is 0.358 e. The maximum Gasteiger partial charge on any atom is 0.265 e. The molecule has 0 amide bonds. The number of hydrogen-bond acceptors (Lipinski definition) is 3. The van der Waals surface area contributed by atoms with Gasteiger partial charge in [-0.05, 0) is 6.07 Å². The van der Waals surface area contributed by atoms with Gasteiger partial charge in [0.05, 0.1) is 29.0 Å². The number of benzene rings is 1. The summed E-state index contributed by atoms with van der Waals surface area (Å²) in [6.07, 6.45) is 4.05. The Balaban J connectivity index is 1.95. The molecule has 2 N–H and O–H groups in total. The summed E-state index contributed by atoms with van der Waals surface area (Å²) in [6.45, 7) is -0.605. The van der Waals surface area contributed by atoms with Crippen LogP contribution in [0.15, 0.2) is 41.7 Å². The van der Waals surface area contributed by atoms with Crippen LogP contribution in [-0.4, -0.2) is 29.9 Å². The van der Waals surface area contributed by atoms with Crippen LogP contribution in [0.25, 0.3) is 10.9 Å². The molecule has 3 aromatic rings. The molecule has 6 nitrogen and oxygen atoms in total. The minimum Gasteiger partial charge on any atom is -0.358 e. The maximum atomic E-state index is 12.4. The molecule has 0 aliphatic rings. The third-order valence-corrected chi connectivity index (χ3v) is 4.78. The number of aromatic nitrogens is 3. The van der Waals surface area contributed by atoms with E-state index in [0.717, 1.165) is 5.39 Å². The van der Waals surface area contributed by atoms with Gasteiger partial charge in [0.1, 0.15) is 11.6 Å². The lowest BCUT2D eigenvalue weighted by Gasteiger charge is -2.07. The van der Waals surface area contributed by atoms with Crippen molar-refractivity contribution in [2.24, 2.45) is 0 Å². The van der Waals surface area contributed by atoms with Gasteiger partial charge in [-0.1, -0.05) is 23.7 Å². The molecule has 0 saturated heterocycles. The molecule has 0 aliphatic carbocycles. The van der Waals surface area contributed by atoms with E-state index in [-0.39, 0.29) is 11.4 Å². The Morgan fingerprint density at radius 3 is 3.00 bits per heavy atom. The number of nitrogens with zero attached hydrogens (tertiary/aromatic N) is 2. The van der Waals surface area contributed by atoms with Crippen molar-refractivity contribution in [2.75, 3.05) is 11.4 Å². The van der Waals surface area contributed by atoms with Gasteiger partial charge in [0.15, 0.2) is 0 Å². The van der Waals surface area contributed by atoms with Crippen LogP contribution >= 0.6 is 11.6 Å². The van der Waals surface area contributed by atoms with Gasteiger partial charge < -0.3 is 4.98 Å². The fraction of sp³-hybridized carbons (Fsp3) is 0.154. The highest BCUT2D eigenvalue weighted by Gasteiger charge is 2.18. The van der Waals surface area contributed by atoms with Crippen LogP contribution in [0.1, 0.15) is 0 Å². The quantitative estimate of drug-likeness (QED) is 0.748. The number of alkyl halides is 1. The number of H-pyrrole nitrogens is 1. The van der Waals surface area contributed by atoms with Gasteiger partial charge in [0, 0.05) is 17.8 Å². The summed E-state index contributed by atoms with van der Waals surface area (Å²) in [5.74, 6) is 0. The normalized spacial score (nSPS) is 11.9.